The van der Waals surface area contributed by atoms with Gasteiger partial charge in [-0.2, -0.15) is 18.4 Å². The summed E-state index contributed by atoms with van der Waals surface area (Å²) in [6.07, 6.45) is -3.41. The Morgan fingerprint density at radius 2 is 1.95 bits per heavy atom. The van der Waals surface area contributed by atoms with E-state index in [1.54, 1.807) is 6.07 Å². The highest BCUT2D eigenvalue weighted by atomic mass is 19.4. The summed E-state index contributed by atoms with van der Waals surface area (Å²) in [6.45, 7) is 4.18. The van der Waals surface area contributed by atoms with Crippen LogP contribution in [0, 0.1) is 11.3 Å². The Labute approximate surface area is 110 Å². The number of benzene rings is 1. The highest BCUT2D eigenvalue weighted by Gasteiger charge is 2.30. The predicted octanol–water partition coefficient (Wildman–Crippen LogP) is 2.99. The molecule has 0 heterocycles. The first-order valence-corrected chi connectivity index (χ1v) is 6.05. The Bertz CT molecular complexity index is 449. The minimum Gasteiger partial charge on any atom is -0.383 e. The maximum Gasteiger partial charge on any atom is 0.416 e. The van der Waals surface area contributed by atoms with Crippen LogP contribution in [0.5, 0.6) is 0 Å². The lowest BCUT2D eigenvalue weighted by Crippen LogP contribution is -2.23. The topological polar surface area (TPSA) is 47.8 Å². The van der Waals surface area contributed by atoms with Crippen LogP contribution in [0.25, 0.3) is 0 Å². The fourth-order valence-electron chi connectivity index (χ4n) is 1.55. The number of nitrogens with zero attached hydrogens (tertiary/aromatic N) is 1. The van der Waals surface area contributed by atoms with Gasteiger partial charge < -0.3 is 10.6 Å². The monoisotopic (exact) mass is 271 g/mol. The highest BCUT2D eigenvalue weighted by Crippen LogP contribution is 2.31. The lowest BCUT2D eigenvalue weighted by molar-refractivity contribution is -0.137. The van der Waals surface area contributed by atoms with Crippen molar-refractivity contribution in [1.29, 1.82) is 5.26 Å². The molecule has 0 atom stereocenters. The number of anilines is 1. The summed E-state index contributed by atoms with van der Waals surface area (Å²) in [6, 6.07) is 4.91. The molecule has 0 aromatic heterocycles. The summed E-state index contributed by atoms with van der Waals surface area (Å²) in [5.41, 5.74) is -0.377. The van der Waals surface area contributed by atoms with Crippen LogP contribution < -0.4 is 10.6 Å². The summed E-state index contributed by atoms with van der Waals surface area (Å²) < 4.78 is 37.5. The van der Waals surface area contributed by atoms with Gasteiger partial charge in [0, 0.05) is 13.1 Å². The minimum absolute atomic E-state index is 0.00492. The summed E-state index contributed by atoms with van der Waals surface area (Å²) >= 11 is 0. The van der Waals surface area contributed by atoms with E-state index in [0.717, 1.165) is 25.1 Å². The number of hydrogen-bond acceptors (Lipinski definition) is 3. The van der Waals surface area contributed by atoms with Crippen LogP contribution in [-0.2, 0) is 6.18 Å². The SMILES string of the molecule is CCCNCCNc1ccc(C(F)(F)F)cc1C#N. The summed E-state index contributed by atoms with van der Waals surface area (Å²) in [5, 5.41) is 15.0. The zero-order valence-electron chi connectivity index (χ0n) is 10.6. The largest absolute Gasteiger partial charge is 0.416 e. The van der Waals surface area contributed by atoms with E-state index in [1.807, 2.05) is 6.92 Å². The van der Waals surface area contributed by atoms with Crippen molar-refractivity contribution in [1.82, 2.24) is 5.32 Å². The first kappa shape index (κ1) is 15.3. The molecular formula is C13H16F3N3. The van der Waals surface area contributed by atoms with Gasteiger partial charge in [-0.05, 0) is 31.2 Å². The van der Waals surface area contributed by atoms with E-state index >= 15 is 0 Å². The van der Waals surface area contributed by atoms with E-state index < -0.39 is 11.7 Å². The normalized spacial score (nSPS) is 11.1. The van der Waals surface area contributed by atoms with Gasteiger partial charge in [0.2, 0.25) is 0 Å². The second-order valence-electron chi connectivity index (χ2n) is 4.05. The maximum atomic E-state index is 12.5. The van der Waals surface area contributed by atoms with E-state index in [4.69, 9.17) is 5.26 Å². The van der Waals surface area contributed by atoms with Gasteiger partial charge in [0.1, 0.15) is 6.07 Å². The molecule has 0 unspecified atom stereocenters. The van der Waals surface area contributed by atoms with Crippen molar-refractivity contribution in [2.75, 3.05) is 25.0 Å². The summed E-state index contributed by atoms with van der Waals surface area (Å²) in [7, 11) is 0. The Balaban J connectivity index is 2.67. The molecule has 3 nitrogen and oxygen atoms in total. The summed E-state index contributed by atoms with van der Waals surface area (Å²) in [5.74, 6) is 0. The Hall–Kier alpha value is -1.74. The molecule has 1 rings (SSSR count). The molecule has 0 amide bonds. The molecule has 0 saturated heterocycles. The van der Waals surface area contributed by atoms with Gasteiger partial charge in [-0.3, -0.25) is 0 Å². The fourth-order valence-corrected chi connectivity index (χ4v) is 1.55. The first-order chi connectivity index (χ1) is 8.99. The van der Waals surface area contributed by atoms with Crippen molar-refractivity contribution in [3.8, 4) is 6.07 Å². The van der Waals surface area contributed by atoms with Crippen LogP contribution in [0.15, 0.2) is 18.2 Å². The predicted molar refractivity (Wildman–Crippen MR) is 67.8 cm³/mol. The van der Waals surface area contributed by atoms with Gasteiger partial charge in [-0.25, -0.2) is 0 Å². The van der Waals surface area contributed by atoms with Gasteiger partial charge in [-0.1, -0.05) is 6.92 Å². The van der Waals surface area contributed by atoms with Gasteiger partial charge in [0.15, 0.2) is 0 Å². The number of nitrogens with one attached hydrogen (secondary N) is 2. The molecule has 1 aromatic carbocycles. The van der Waals surface area contributed by atoms with Crippen LogP contribution in [0.3, 0.4) is 0 Å². The fraction of sp³-hybridized carbons (Fsp3) is 0.462. The standard InChI is InChI=1S/C13H16F3N3/c1-2-5-18-6-7-19-12-4-3-11(13(14,15)16)8-10(12)9-17/h3-4,8,18-19H,2,5-7H2,1H3. The average molecular weight is 271 g/mol. The van der Waals surface area contributed by atoms with E-state index in [0.29, 0.717) is 18.8 Å². The Morgan fingerprint density at radius 3 is 2.53 bits per heavy atom. The lowest BCUT2D eigenvalue weighted by atomic mass is 10.1. The molecule has 0 fully saturated rings. The third-order valence-corrected chi connectivity index (χ3v) is 2.51. The molecule has 0 aliphatic carbocycles. The number of hydrogen-bond donors (Lipinski definition) is 2. The quantitative estimate of drug-likeness (QED) is 0.782. The lowest BCUT2D eigenvalue weighted by Gasteiger charge is -2.11. The maximum absolute atomic E-state index is 12.5. The minimum atomic E-state index is -4.42. The molecule has 0 saturated carbocycles. The van der Waals surface area contributed by atoms with Gasteiger partial charge in [0.25, 0.3) is 0 Å². The van der Waals surface area contributed by atoms with E-state index in [1.165, 1.54) is 6.07 Å². The van der Waals surface area contributed by atoms with Crippen molar-refractivity contribution in [2.45, 2.75) is 19.5 Å². The van der Waals surface area contributed by atoms with Crippen molar-refractivity contribution in [3.63, 3.8) is 0 Å². The first-order valence-electron chi connectivity index (χ1n) is 6.05. The van der Waals surface area contributed by atoms with Gasteiger partial charge in [-0.15, -0.1) is 0 Å². The molecule has 0 spiro atoms. The van der Waals surface area contributed by atoms with Crippen LogP contribution >= 0.6 is 0 Å². The van der Waals surface area contributed by atoms with Crippen LogP contribution in [0.1, 0.15) is 24.5 Å². The number of alkyl halides is 3. The van der Waals surface area contributed by atoms with E-state index in [2.05, 4.69) is 10.6 Å². The Morgan fingerprint density at radius 1 is 1.21 bits per heavy atom. The molecule has 0 aliphatic rings. The number of nitriles is 1. The number of rotatable bonds is 6. The molecule has 6 heteroatoms. The highest BCUT2D eigenvalue weighted by molar-refractivity contribution is 5.59. The van der Waals surface area contributed by atoms with Gasteiger partial charge >= 0.3 is 6.18 Å². The average Bonchev–Trinajstić information content (AvgIpc) is 2.37. The number of halogens is 3. The molecule has 0 aliphatic heterocycles. The smallest absolute Gasteiger partial charge is 0.383 e. The van der Waals surface area contributed by atoms with Crippen LogP contribution in [0.4, 0.5) is 18.9 Å². The molecule has 104 valence electrons. The van der Waals surface area contributed by atoms with E-state index in [9.17, 15) is 13.2 Å². The third-order valence-electron chi connectivity index (χ3n) is 2.51. The molecule has 1 aromatic rings. The second-order valence-corrected chi connectivity index (χ2v) is 4.05. The van der Waals surface area contributed by atoms with Crippen molar-refractivity contribution in [2.24, 2.45) is 0 Å². The van der Waals surface area contributed by atoms with Crippen molar-refractivity contribution in [3.05, 3.63) is 29.3 Å². The van der Waals surface area contributed by atoms with Crippen LogP contribution in [-0.4, -0.2) is 19.6 Å². The zero-order chi connectivity index (χ0) is 14.3. The molecule has 2 N–H and O–H groups in total. The molecule has 19 heavy (non-hydrogen) atoms. The Kier molecular flexibility index (Phi) is 5.64. The van der Waals surface area contributed by atoms with Crippen molar-refractivity contribution >= 4 is 5.69 Å². The summed E-state index contributed by atoms with van der Waals surface area (Å²) in [4.78, 5) is 0. The molecular weight excluding hydrogens is 255 g/mol. The third kappa shape index (κ3) is 4.79. The zero-order valence-corrected chi connectivity index (χ0v) is 10.6. The second kappa shape index (κ2) is 7.00. The van der Waals surface area contributed by atoms with Gasteiger partial charge in [0.05, 0.1) is 16.8 Å². The van der Waals surface area contributed by atoms with E-state index in [-0.39, 0.29) is 5.56 Å². The van der Waals surface area contributed by atoms with Crippen LogP contribution in [0.2, 0.25) is 0 Å². The van der Waals surface area contributed by atoms with Crippen molar-refractivity contribution < 1.29 is 13.2 Å². The molecule has 0 bridgehead atoms. The molecule has 0 radical (unpaired) electrons.